The maximum atomic E-state index is 13.6. The van der Waals surface area contributed by atoms with Gasteiger partial charge in [-0.25, -0.2) is 8.42 Å². The van der Waals surface area contributed by atoms with E-state index in [-0.39, 0.29) is 41.3 Å². The molecule has 38 heavy (non-hydrogen) atoms. The van der Waals surface area contributed by atoms with Gasteiger partial charge in [0.2, 0.25) is 15.9 Å². The first-order valence-electron chi connectivity index (χ1n) is 12.9. The molecule has 8 heteroatoms. The Morgan fingerprint density at radius 1 is 0.974 bits per heavy atom. The average Bonchev–Trinajstić information content (AvgIpc) is 2.83. The van der Waals surface area contributed by atoms with Crippen LogP contribution in [0.15, 0.2) is 66.1 Å². The van der Waals surface area contributed by atoms with Gasteiger partial charge in [-0.1, -0.05) is 79.3 Å². The lowest BCUT2D eigenvalue weighted by atomic mass is 9.67. The Labute approximate surface area is 227 Å². The summed E-state index contributed by atoms with van der Waals surface area (Å²) >= 11 is 0. The number of hydrogen-bond acceptors (Lipinski definition) is 4. The van der Waals surface area contributed by atoms with Crippen molar-refractivity contribution in [2.45, 2.75) is 71.4 Å². The normalized spacial score (nSPS) is 18.0. The lowest BCUT2D eigenvalue weighted by Crippen LogP contribution is -2.64. The molecule has 1 aliphatic heterocycles. The predicted octanol–water partition coefficient (Wildman–Crippen LogP) is 4.64. The summed E-state index contributed by atoms with van der Waals surface area (Å²) in [7, 11) is -3.81. The minimum Gasteiger partial charge on any atom is -0.349 e. The van der Waals surface area contributed by atoms with Crippen LogP contribution in [0.25, 0.3) is 0 Å². The van der Waals surface area contributed by atoms with E-state index in [0.717, 1.165) is 5.56 Å². The van der Waals surface area contributed by atoms with Crippen LogP contribution in [0.3, 0.4) is 0 Å². The molecular weight excluding hydrogens is 498 g/mol. The molecule has 1 saturated heterocycles. The summed E-state index contributed by atoms with van der Waals surface area (Å²) in [6.45, 7) is 18.7. The quantitative estimate of drug-likeness (QED) is 0.501. The number of nitrogens with zero attached hydrogens (tertiary/aromatic N) is 1. The van der Waals surface area contributed by atoms with E-state index in [1.54, 1.807) is 0 Å². The highest BCUT2D eigenvalue weighted by Gasteiger charge is 2.50. The first-order chi connectivity index (χ1) is 17.5. The van der Waals surface area contributed by atoms with E-state index in [9.17, 15) is 18.0 Å². The van der Waals surface area contributed by atoms with Gasteiger partial charge in [-0.15, -0.1) is 0 Å². The van der Waals surface area contributed by atoms with Crippen LogP contribution in [0.2, 0.25) is 0 Å². The number of benzene rings is 2. The van der Waals surface area contributed by atoms with Gasteiger partial charge in [0.1, 0.15) is 0 Å². The van der Waals surface area contributed by atoms with Gasteiger partial charge >= 0.3 is 0 Å². The van der Waals surface area contributed by atoms with Crippen molar-refractivity contribution in [3.63, 3.8) is 0 Å². The van der Waals surface area contributed by atoms with Crippen molar-refractivity contribution in [1.29, 1.82) is 0 Å². The molecule has 2 aromatic carbocycles. The third kappa shape index (κ3) is 6.53. The summed E-state index contributed by atoms with van der Waals surface area (Å²) < 4.78 is 28.6. The maximum absolute atomic E-state index is 13.6. The van der Waals surface area contributed by atoms with E-state index in [1.165, 1.54) is 40.2 Å². The van der Waals surface area contributed by atoms with Crippen LogP contribution in [0, 0.1) is 10.8 Å². The average molecular weight is 540 g/mol. The monoisotopic (exact) mass is 539 g/mol. The van der Waals surface area contributed by atoms with E-state index in [0.29, 0.717) is 12.1 Å². The van der Waals surface area contributed by atoms with Crippen LogP contribution in [-0.4, -0.2) is 43.7 Å². The molecule has 0 atom stereocenters. The number of carbonyl (C=O) groups excluding carboxylic acids is 2. The minimum atomic E-state index is -3.81. The highest BCUT2D eigenvalue weighted by Crippen LogP contribution is 2.42. The summed E-state index contributed by atoms with van der Waals surface area (Å²) in [5.41, 5.74) is 1.64. The Balaban J connectivity index is 1.70. The Hall–Kier alpha value is -2.97. The van der Waals surface area contributed by atoms with Crippen molar-refractivity contribution in [3.05, 3.63) is 77.9 Å². The van der Waals surface area contributed by atoms with Crippen molar-refractivity contribution in [3.8, 4) is 0 Å². The number of sulfonamides is 1. The van der Waals surface area contributed by atoms with E-state index in [4.69, 9.17) is 0 Å². The highest BCUT2D eigenvalue weighted by molar-refractivity contribution is 7.89. The molecule has 3 rings (SSSR count). The third-order valence-corrected chi connectivity index (χ3v) is 9.04. The van der Waals surface area contributed by atoms with Crippen LogP contribution in [0.1, 0.15) is 70.0 Å². The molecule has 2 N–H and O–H groups in total. The van der Waals surface area contributed by atoms with Gasteiger partial charge in [0.05, 0.1) is 4.90 Å². The Morgan fingerprint density at radius 3 is 1.97 bits per heavy atom. The van der Waals surface area contributed by atoms with Crippen LogP contribution >= 0.6 is 0 Å². The van der Waals surface area contributed by atoms with Crippen molar-refractivity contribution in [1.82, 2.24) is 14.9 Å². The van der Waals surface area contributed by atoms with E-state index in [2.05, 4.69) is 50.1 Å². The highest BCUT2D eigenvalue weighted by atomic mass is 32.2. The lowest BCUT2D eigenvalue weighted by Gasteiger charge is -2.52. The number of nitrogens with one attached hydrogen (secondary N) is 2. The molecule has 2 aromatic rings. The smallest absolute Gasteiger partial charge is 0.251 e. The second-order valence-corrected chi connectivity index (χ2v) is 14.5. The molecule has 0 aliphatic carbocycles. The SMILES string of the molecule is C=CC(=O)NC1C(C)(C)CN(S(=O)(=O)c2ccc(C(=O)NCc3ccc(C(C)(C)C)cc3)cc2)CC1(C)C. The molecule has 1 fully saturated rings. The Bertz CT molecular complexity index is 1270. The molecular formula is C30H41N3O4S. The first kappa shape index (κ1) is 29.6. The summed E-state index contributed by atoms with van der Waals surface area (Å²) in [6.07, 6.45) is 1.23. The number of rotatable bonds is 7. The fraction of sp³-hybridized carbons (Fsp3) is 0.467. The van der Waals surface area contributed by atoms with Gasteiger partial charge in [0.25, 0.3) is 5.91 Å². The van der Waals surface area contributed by atoms with Crippen LogP contribution in [0.4, 0.5) is 0 Å². The summed E-state index contributed by atoms with van der Waals surface area (Å²) in [6, 6.07) is 14.0. The molecule has 0 aromatic heterocycles. The summed E-state index contributed by atoms with van der Waals surface area (Å²) in [5, 5.41) is 5.89. The van der Waals surface area contributed by atoms with Crippen molar-refractivity contribution in [2.24, 2.45) is 10.8 Å². The third-order valence-electron chi connectivity index (χ3n) is 7.23. The fourth-order valence-corrected chi connectivity index (χ4v) is 7.09. The fourth-order valence-electron chi connectivity index (χ4n) is 5.30. The molecule has 1 aliphatic rings. The van der Waals surface area contributed by atoms with E-state index >= 15 is 0 Å². The van der Waals surface area contributed by atoms with Crippen molar-refractivity contribution >= 4 is 21.8 Å². The van der Waals surface area contributed by atoms with Crippen LogP contribution in [-0.2, 0) is 26.8 Å². The van der Waals surface area contributed by atoms with Crippen molar-refractivity contribution in [2.75, 3.05) is 13.1 Å². The molecule has 0 radical (unpaired) electrons. The standard InChI is InChI=1S/C30H41N3O4S/c1-9-25(34)32-27-29(5,6)19-33(20-30(27,7)8)38(36,37)24-16-12-22(13-17-24)26(35)31-18-21-10-14-23(15-11-21)28(2,3)4/h9-17,27H,1,18-20H2,2-8H3,(H,31,35)(H,32,34). The Morgan fingerprint density at radius 2 is 1.50 bits per heavy atom. The molecule has 0 unspecified atom stereocenters. The summed E-state index contributed by atoms with van der Waals surface area (Å²) in [4.78, 5) is 24.9. The number of amides is 2. The van der Waals surface area contributed by atoms with Gasteiger partial charge in [-0.05, 0) is 57.7 Å². The van der Waals surface area contributed by atoms with Crippen LogP contribution < -0.4 is 10.6 Å². The van der Waals surface area contributed by atoms with E-state index in [1.807, 2.05) is 39.8 Å². The molecule has 0 saturated carbocycles. The Kier molecular flexibility index (Phi) is 8.29. The first-order valence-corrected chi connectivity index (χ1v) is 14.3. The van der Waals surface area contributed by atoms with Gasteiger partial charge in [0.15, 0.2) is 0 Å². The van der Waals surface area contributed by atoms with Gasteiger partial charge in [0, 0.05) is 31.2 Å². The lowest BCUT2D eigenvalue weighted by molar-refractivity contribution is -0.120. The zero-order valence-electron chi connectivity index (χ0n) is 23.6. The number of carbonyl (C=O) groups is 2. The van der Waals surface area contributed by atoms with Crippen LogP contribution in [0.5, 0.6) is 0 Å². The molecule has 7 nitrogen and oxygen atoms in total. The molecule has 206 valence electrons. The summed E-state index contributed by atoms with van der Waals surface area (Å²) in [5.74, 6) is -0.543. The predicted molar refractivity (Wildman–Crippen MR) is 151 cm³/mol. The zero-order chi connectivity index (χ0) is 28.5. The number of hydrogen-bond donors (Lipinski definition) is 2. The van der Waals surface area contributed by atoms with Crippen molar-refractivity contribution < 1.29 is 18.0 Å². The second-order valence-electron chi connectivity index (χ2n) is 12.5. The largest absolute Gasteiger partial charge is 0.349 e. The maximum Gasteiger partial charge on any atom is 0.251 e. The van der Waals surface area contributed by atoms with Gasteiger partial charge < -0.3 is 10.6 Å². The zero-order valence-corrected chi connectivity index (χ0v) is 24.4. The van der Waals surface area contributed by atoms with Gasteiger partial charge in [-0.3, -0.25) is 9.59 Å². The molecule has 0 spiro atoms. The molecule has 0 bridgehead atoms. The molecule has 1 heterocycles. The van der Waals surface area contributed by atoms with Gasteiger partial charge in [-0.2, -0.15) is 4.31 Å². The second kappa shape index (κ2) is 10.7. The minimum absolute atomic E-state index is 0.0622. The molecule has 2 amide bonds. The topological polar surface area (TPSA) is 95.6 Å². The number of piperidine rings is 1. The van der Waals surface area contributed by atoms with E-state index < -0.39 is 20.9 Å².